The van der Waals surface area contributed by atoms with E-state index in [-0.39, 0.29) is 0 Å². The largest absolute Gasteiger partial charge is 0.493 e. The number of nitrogens with zero attached hydrogens (tertiary/aromatic N) is 1. The predicted octanol–water partition coefficient (Wildman–Crippen LogP) is 2.56. The summed E-state index contributed by atoms with van der Waals surface area (Å²) in [5, 5.41) is 10.2. The van der Waals surface area contributed by atoms with Gasteiger partial charge in [-0.1, -0.05) is 19.9 Å². The Morgan fingerprint density at radius 3 is 2.42 bits per heavy atom. The summed E-state index contributed by atoms with van der Waals surface area (Å²) in [5.41, 5.74) is 1.00. The van der Waals surface area contributed by atoms with Crippen LogP contribution in [0.25, 0.3) is 0 Å². The molecular formula is C19H31NO4. The van der Waals surface area contributed by atoms with Crippen LogP contribution in [0.4, 0.5) is 0 Å². The molecule has 0 aliphatic carbocycles. The Kier molecular flexibility index (Phi) is 7.34. The van der Waals surface area contributed by atoms with E-state index in [1.165, 1.54) is 6.42 Å². The van der Waals surface area contributed by atoms with Crippen LogP contribution in [0.1, 0.15) is 25.8 Å². The van der Waals surface area contributed by atoms with Gasteiger partial charge in [0, 0.05) is 19.6 Å². The van der Waals surface area contributed by atoms with Gasteiger partial charge < -0.3 is 24.2 Å². The van der Waals surface area contributed by atoms with Crippen molar-refractivity contribution in [2.45, 2.75) is 33.0 Å². The van der Waals surface area contributed by atoms with Gasteiger partial charge in [0.2, 0.25) is 0 Å². The number of likely N-dealkylation sites (tertiary alicyclic amines) is 1. The molecule has 136 valence electrons. The number of rotatable bonds is 8. The van der Waals surface area contributed by atoms with Crippen molar-refractivity contribution in [2.24, 2.45) is 11.8 Å². The Morgan fingerprint density at radius 2 is 1.79 bits per heavy atom. The highest BCUT2D eigenvalue weighted by Crippen LogP contribution is 2.27. The van der Waals surface area contributed by atoms with Gasteiger partial charge in [0.15, 0.2) is 11.5 Å². The quantitative estimate of drug-likeness (QED) is 0.790. The average Bonchev–Trinajstić information content (AvgIpc) is 2.53. The van der Waals surface area contributed by atoms with Gasteiger partial charge in [0.05, 0.1) is 33.5 Å². The molecule has 1 heterocycles. The van der Waals surface area contributed by atoms with Gasteiger partial charge in [-0.2, -0.15) is 0 Å². The van der Waals surface area contributed by atoms with Crippen LogP contribution in [0.3, 0.4) is 0 Å². The van der Waals surface area contributed by atoms with Crippen LogP contribution in [-0.4, -0.2) is 56.6 Å². The molecule has 0 saturated carbocycles. The first-order valence-electron chi connectivity index (χ1n) is 8.70. The molecule has 0 amide bonds. The summed E-state index contributed by atoms with van der Waals surface area (Å²) in [4.78, 5) is 2.35. The zero-order valence-corrected chi connectivity index (χ0v) is 15.3. The van der Waals surface area contributed by atoms with E-state index >= 15 is 0 Å². The van der Waals surface area contributed by atoms with Crippen molar-refractivity contribution in [1.29, 1.82) is 0 Å². The average molecular weight is 337 g/mol. The Balaban J connectivity index is 1.75. The van der Waals surface area contributed by atoms with Crippen molar-refractivity contribution >= 4 is 0 Å². The SMILES string of the molecule is COc1ccc(COC[C@@H](O)CN2C[C@H](C)C[C@H](C)C2)cc1OC. The summed E-state index contributed by atoms with van der Waals surface area (Å²) in [6.45, 7) is 8.16. The van der Waals surface area contributed by atoms with Crippen molar-refractivity contribution in [1.82, 2.24) is 4.90 Å². The Bertz CT molecular complexity index is 498. The Hall–Kier alpha value is -1.30. The Morgan fingerprint density at radius 1 is 1.12 bits per heavy atom. The Labute approximate surface area is 145 Å². The summed E-state index contributed by atoms with van der Waals surface area (Å²) in [7, 11) is 3.24. The first-order valence-corrected chi connectivity index (χ1v) is 8.70. The standard InChI is InChI=1S/C19H31NO4/c1-14-7-15(2)10-20(9-14)11-17(21)13-24-12-16-5-6-18(22-3)19(8-16)23-4/h5-6,8,14-15,17,21H,7,9-13H2,1-4H3/t14-,15+,17-/m0/s1. The molecule has 5 heteroatoms. The minimum absolute atomic E-state index is 0.341. The fraction of sp³-hybridized carbons (Fsp3) is 0.684. The molecule has 0 radical (unpaired) electrons. The van der Waals surface area contributed by atoms with E-state index in [1.54, 1.807) is 14.2 Å². The number of methoxy groups -OCH3 is 2. The van der Waals surface area contributed by atoms with Crippen LogP contribution in [0.2, 0.25) is 0 Å². The monoisotopic (exact) mass is 337 g/mol. The number of β-amino-alcohol motifs (C(OH)–C–C–N with tert-alkyl or cyclic N) is 1. The molecule has 0 spiro atoms. The lowest BCUT2D eigenvalue weighted by atomic mass is 9.92. The molecule has 3 atom stereocenters. The number of aliphatic hydroxyl groups is 1. The normalized spacial score (nSPS) is 23.0. The van der Waals surface area contributed by atoms with Crippen molar-refractivity contribution < 1.29 is 19.3 Å². The van der Waals surface area contributed by atoms with E-state index < -0.39 is 6.10 Å². The smallest absolute Gasteiger partial charge is 0.161 e. The molecule has 2 rings (SSSR count). The molecule has 0 unspecified atom stereocenters. The van der Waals surface area contributed by atoms with Crippen LogP contribution in [0.5, 0.6) is 11.5 Å². The summed E-state index contributed by atoms with van der Waals surface area (Å²) >= 11 is 0. The molecule has 1 aromatic carbocycles. The highest BCUT2D eigenvalue weighted by molar-refractivity contribution is 5.42. The maximum Gasteiger partial charge on any atom is 0.161 e. The number of piperidine rings is 1. The molecule has 1 fully saturated rings. The fourth-order valence-corrected chi connectivity index (χ4v) is 3.58. The molecule has 1 aliphatic rings. The molecule has 24 heavy (non-hydrogen) atoms. The molecule has 0 aromatic heterocycles. The van der Waals surface area contributed by atoms with E-state index in [0.29, 0.717) is 43.1 Å². The third-order valence-electron chi connectivity index (χ3n) is 4.44. The second kappa shape index (κ2) is 9.25. The lowest BCUT2D eigenvalue weighted by Crippen LogP contribution is -2.43. The van der Waals surface area contributed by atoms with Gasteiger partial charge in [0.25, 0.3) is 0 Å². The van der Waals surface area contributed by atoms with Gasteiger partial charge in [0.1, 0.15) is 0 Å². The first kappa shape index (κ1) is 19.0. The molecule has 1 saturated heterocycles. The summed E-state index contributed by atoms with van der Waals surface area (Å²) in [5.74, 6) is 2.80. The third-order valence-corrected chi connectivity index (χ3v) is 4.44. The van der Waals surface area contributed by atoms with Crippen LogP contribution < -0.4 is 9.47 Å². The number of hydrogen-bond donors (Lipinski definition) is 1. The van der Waals surface area contributed by atoms with Crippen molar-refractivity contribution in [2.75, 3.05) is 40.5 Å². The summed E-state index contributed by atoms with van der Waals surface area (Å²) in [6, 6.07) is 5.71. The lowest BCUT2D eigenvalue weighted by Gasteiger charge is -2.35. The van der Waals surface area contributed by atoms with E-state index in [0.717, 1.165) is 18.7 Å². The highest BCUT2D eigenvalue weighted by atomic mass is 16.5. The second-order valence-electron chi connectivity index (χ2n) is 7.02. The van der Waals surface area contributed by atoms with Crippen molar-refractivity contribution in [3.05, 3.63) is 23.8 Å². The molecule has 5 nitrogen and oxygen atoms in total. The molecule has 1 aliphatic heterocycles. The second-order valence-corrected chi connectivity index (χ2v) is 7.02. The highest BCUT2D eigenvalue weighted by Gasteiger charge is 2.23. The zero-order chi connectivity index (χ0) is 17.5. The number of benzene rings is 1. The minimum Gasteiger partial charge on any atom is -0.493 e. The van der Waals surface area contributed by atoms with Crippen LogP contribution in [0, 0.1) is 11.8 Å². The number of aliphatic hydroxyl groups excluding tert-OH is 1. The van der Waals surface area contributed by atoms with E-state index in [9.17, 15) is 5.11 Å². The van der Waals surface area contributed by atoms with Gasteiger partial charge >= 0.3 is 0 Å². The molecule has 1 N–H and O–H groups in total. The lowest BCUT2D eigenvalue weighted by molar-refractivity contribution is -0.000930. The van der Waals surface area contributed by atoms with Crippen molar-refractivity contribution in [3.8, 4) is 11.5 Å². The van der Waals surface area contributed by atoms with Gasteiger partial charge in [-0.05, 0) is 36.0 Å². The van der Waals surface area contributed by atoms with Gasteiger partial charge in [-0.25, -0.2) is 0 Å². The summed E-state index contributed by atoms with van der Waals surface area (Å²) in [6.07, 6.45) is 0.824. The maximum absolute atomic E-state index is 10.2. The summed E-state index contributed by atoms with van der Waals surface area (Å²) < 4.78 is 16.2. The van der Waals surface area contributed by atoms with Crippen LogP contribution in [-0.2, 0) is 11.3 Å². The predicted molar refractivity (Wildman–Crippen MR) is 94.6 cm³/mol. The number of ether oxygens (including phenoxy) is 3. The van der Waals surface area contributed by atoms with E-state index in [4.69, 9.17) is 14.2 Å². The first-order chi connectivity index (χ1) is 11.5. The minimum atomic E-state index is -0.456. The van der Waals surface area contributed by atoms with E-state index in [1.807, 2.05) is 18.2 Å². The van der Waals surface area contributed by atoms with Crippen LogP contribution in [0.15, 0.2) is 18.2 Å². The van der Waals surface area contributed by atoms with Gasteiger partial charge in [-0.15, -0.1) is 0 Å². The molecule has 1 aromatic rings. The molecular weight excluding hydrogens is 306 g/mol. The maximum atomic E-state index is 10.2. The topological polar surface area (TPSA) is 51.2 Å². The fourth-order valence-electron chi connectivity index (χ4n) is 3.58. The van der Waals surface area contributed by atoms with E-state index in [2.05, 4.69) is 18.7 Å². The van der Waals surface area contributed by atoms with Crippen LogP contribution >= 0.6 is 0 Å². The molecule has 0 bridgehead atoms. The zero-order valence-electron chi connectivity index (χ0n) is 15.3. The number of hydrogen-bond acceptors (Lipinski definition) is 5. The van der Waals surface area contributed by atoms with Gasteiger partial charge in [-0.3, -0.25) is 0 Å². The van der Waals surface area contributed by atoms with Crippen molar-refractivity contribution in [3.63, 3.8) is 0 Å². The third kappa shape index (κ3) is 5.65.